The lowest BCUT2D eigenvalue weighted by atomic mass is 9.55. The Morgan fingerprint density at radius 1 is 1.12 bits per heavy atom. The van der Waals surface area contributed by atoms with E-state index in [4.69, 9.17) is 9.47 Å². The molecule has 32 heavy (non-hydrogen) atoms. The lowest BCUT2D eigenvalue weighted by Crippen LogP contribution is -2.69. The van der Waals surface area contributed by atoms with Crippen LogP contribution in [0, 0.1) is 24.7 Å². The van der Waals surface area contributed by atoms with Crippen LogP contribution in [-0.2, 0) is 14.3 Å². The maximum Gasteiger partial charge on any atom is 0.409 e. The summed E-state index contributed by atoms with van der Waals surface area (Å²) in [7, 11) is 0. The zero-order chi connectivity index (χ0) is 22.7. The van der Waals surface area contributed by atoms with Crippen LogP contribution in [0.5, 0.6) is 0 Å². The quantitative estimate of drug-likeness (QED) is 0.722. The highest BCUT2D eigenvalue weighted by molar-refractivity contribution is 5.92. The molecular formula is C26H28N2O4. The summed E-state index contributed by atoms with van der Waals surface area (Å²) in [6.07, 6.45) is 5.35. The molecule has 0 spiro atoms. The Morgan fingerprint density at radius 2 is 1.91 bits per heavy atom. The summed E-state index contributed by atoms with van der Waals surface area (Å²) >= 11 is 0. The Balaban J connectivity index is 1.49. The first-order valence-corrected chi connectivity index (χ1v) is 11.2. The molecule has 3 aliphatic rings. The molecule has 2 aromatic rings. The summed E-state index contributed by atoms with van der Waals surface area (Å²) < 4.78 is 11.3. The van der Waals surface area contributed by atoms with Gasteiger partial charge in [-0.15, -0.1) is 0 Å². The monoisotopic (exact) mass is 432 g/mol. The van der Waals surface area contributed by atoms with Gasteiger partial charge in [-0.1, -0.05) is 50.3 Å². The molecule has 0 bridgehead atoms. The van der Waals surface area contributed by atoms with Crippen LogP contribution < -0.4 is 5.32 Å². The number of cyclic esters (lactones) is 1. The number of aromatic nitrogens is 1. The lowest BCUT2D eigenvalue weighted by molar-refractivity contribution is -0.157. The maximum absolute atomic E-state index is 12.9. The van der Waals surface area contributed by atoms with E-state index >= 15 is 0 Å². The van der Waals surface area contributed by atoms with Crippen LogP contribution in [-0.4, -0.2) is 34.3 Å². The van der Waals surface area contributed by atoms with Crippen LogP contribution >= 0.6 is 0 Å². The second kappa shape index (κ2) is 7.19. The van der Waals surface area contributed by atoms with Gasteiger partial charge in [0.1, 0.15) is 11.6 Å². The number of ether oxygens (including phenoxy) is 2. The number of hydrogen-bond acceptors (Lipinski definition) is 5. The fourth-order valence-electron chi connectivity index (χ4n) is 5.94. The molecule has 1 amide bonds. The molecule has 0 radical (unpaired) electrons. The third-order valence-corrected chi connectivity index (χ3v) is 7.81. The van der Waals surface area contributed by atoms with Crippen LogP contribution in [0.1, 0.15) is 38.4 Å². The number of nitrogens with zero attached hydrogens (tertiary/aromatic N) is 1. The molecule has 1 aromatic carbocycles. The van der Waals surface area contributed by atoms with E-state index in [2.05, 4.69) is 55.3 Å². The summed E-state index contributed by atoms with van der Waals surface area (Å²) in [6.45, 7) is 8.19. The molecule has 1 saturated carbocycles. The van der Waals surface area contributed by atoms with E-state index in [1.165, 1.54) is 5.56 Å². The van der Waals surface area contributed by atoms with E-state index < -0.39 is 29.3 Å². The number of hydrogen-bond donors (Lipinski definition) is 1. The molecular weight excluding hydrogens is 404 g/mol. The molecule has 1 N–H and O–H groups in total. The second-order valence-corrected chi connectivity index (χ2v) is 9.47. The highest BCUT2D eigenvalue weighted by atomic mass is 16.6. The van der Waals surface area contributed by atoms with Crippen molar-refractivity contribution >= 4 is 18.1 Å². The molecule has 2 saturated heterocycles. The van der Waals surface area contributed by atoms with Crippen molar-refractivity contribution in [2.24, 2.45) is 17.8 Å². The summed E-state index contributed by atoms with van der Waals surface area (Å²) in [5.74, 6) is -0.192. The van der Waals surface area contributed by atoms with Crippen LogP contribution in [0.25, 0.3) is 17.2 Å². The van der Waals surface area contributed by atoms with Gasteiger partial charge in [-0.2, -0.15) is 0 Å². The molecule has 3 heterocycles. The standard InChI is InChI=1S/C26H28N2O4/c1-15-7-5-6-8-21(15)19-9-10-20(27-14-19)11-12-22-17(3)16(2)13-25-23(29)31-18(4)26(22,25)28-24(30)32-25/h5-12,14,16-18,22H,13H2,1-4H3,(H,28,30)/b12-11+/t16-,17+,18+,22-,25+,26+/m0/s1. The van der Waals surface area contributed by atoms with Crippen molar-refractivity contribution in [1.82, 2.24) is 10.3 Å². The zero-order valence-electron chi connectivity index (χ0n) is 18.8. The first kappa shape index (κ1) is 20.7. The van der Waals surface area contributed by atoms with Crippen molar-refractivity contribution in [1.29, 1.82) is 0 Å². The molecule has 1 aromatic heterocycles. The zero-order valence-corrected chi connectivity index (χ0v) is 18.8. The fourth-order valence-corrected chi connectivity index (χ4v) is 5.94. The minimum atomic E-state index is -1.27. The van der Waals surface area contributed by atoms with E-state index in [1.807, 2.05) is 37.4 Å². The first-order chi connectivity index (χ1) is 15.3. The van der Waals surface area contributed by atoms with Crippen LogP contribution in [0.2, 0.25) is 0 Å². The van der Waals surface area contributed by atoms with Gasteiger partial charge in [-0.3, -0.25) is 4.98 Å². The Bertz CT molecular complexity index is 1110. The smallest absolute Gasteiger partial charge is 0.409 e. The van der Waals surface area contributed by atoms with E-state index in [9.17, 15) is 9.59 Å². The highest BCUT2D eigenvalue weighted by Crippen LogP contribution is 2.58. The van der Waals surface area contributed by atoms with E-state index in [0.29, 0.717) is 6.42 Å². The Kier molecular flexibility index (Phi) is 4.66. The minimum absolute atomic E-state index is 0.142. The fraction of sp³-hybridized carbons (Fsp3) is 0.423. The number of carbonyl (C=O) groups excluding carboxylic acids is 2. The molecule has 1 aliphatic carbocycles. The van der Waals surface area contributed by atoms with Gasteiger partial charge in [0.15, 0.2) is 0 Å². The van der Waals surface area contributed by atoms with Gasteiger partial charge in [0.2, 0.25) is 5.60 Å². The van der Waals surface area contributed by atoms with E-state index in [1.54, 1.807) is 0 Å². The number of alkyl carbamates (subject to hydrolysis) is 1. The molecule has 3 fully saturated rings. The lowest BCUT2D eigenvalue weighted by Gasteiger charge is -2.49. The van der Waals surface area contributed by atoms with Gasteiger partial charge in [0.25, 0.3) is 0 Å². The minimum Gasteiger partial charge on any atom is -0.457 e. The summed E-state index contributed by atoms with van der Waals surface area (Å²) in [4.78, 5) is 29.9. The number of aryl methyl sites for hydroxylation is 1. The molecule has 2 aliphatic heterocycles. The number of nitrogens with one attached hydrogen (secondary N) is 1. The average molecular weight is 433 g/mol. The number of esters is 1. The molecule has 6 atom stereocenters. The van der Waals surface area contributed by atoms with Gasteiger partial charge in [0, 0.05) is 24.1 Å². The van der Waals surface area contributed by atoms with Crippen molar-refractivity contribution in [3.8, 4) is 11.1 Å². The number of amides is 1. The van der Waals surface area contributed by atoms with Gasteiger partial charge in [-0.05, 0) is 49.0 Å². The summed E-state index contributed by atoms with van der Waals surface area (Å²) in [5.41, 5.74) is 2.07. The van der Waals surface area contributed by atoms with Crippen LogP contribution in [0.15, 0.2) is 48.7 Å². The van der Waals surface area contributed by atoms with Gasteiger partial charge in [0.05, 0.1) is 5.69 Å². The van der Waals surface area contributed by atoms with Gasteiger partial charge < -0.3 is 14.8 Å². The number of carbonyl (C=O) groups is 2. The summed E-state index contributed by atoms with van der Waals surface area (Å²) in [5, 5.41) is 3.00. The summed E-state index contributed by atoms with van der Waals surface area (Å²) in [6, 6.07) is 12.3. The van der Waals surface area contributed by atoms with E-state index in [-0.39, 0.29) is 17.8 Å². The molecule has 0 unspecified atom stereocenters. The first-order valence-electron chi connectivity index (χ1n) is 11.2. The van der Waals surface area contributed by atoms with Crippen molar-refractivity contribution in [2.45, 2.75) is 51.4 Å². The third kappa shape index (κ3) is 2.74. The molecule has 6 heteroatoms. The van der Waals surface area contributed by atoms with Crippen molar-refractivity contribution in [3.05, 3.63) is 59.9 Å². The SMILES string of the molecule is Cc1ccccc1-c1ccc(/C=C/[C@H]2[C@H](C)[C@@H](C)C[C@]34OC(=O)N[C@]23[C@@H](C)OC4=O)nc1. The van der Waals surface area contributed by atoms with Crippen molar-refractivity contribution in [3.63, 3.8) is 0 Å². The van der Waals surface area contributed by atoms with Crippen molar-refractivity contribution in [2.75, 3.05) is 0 Å². The molecule has 166 valence electrons. The maximum atomic E-state index is 12.9. The van der Waals surface area contributed by atoms with Crippen molar-refractivity contribution < 1.29 is 19.1 Å². The number of rotatable bonds is 3. The van der Waals surface area contributed by atoms with Crippen LogP contribution in [0.3, 0.4) is 0 Å². The number of pyridine rings is 1. The predicted octanol–water partition coefficient (Wildman–Crippen LogP) is 4.53. The normalized spacial score (nSPS) is 35.8. The Hall–Kier alpha value is -3.15. The molecule has 5 rings (SSSR count). The molecule has 6 nitrogen and oxygen atoms in total. The average Bonchev–Trinajstić information content (AvgIpc) is 3.17. The Labute approximate surface area is 188 Å². The van der Waals surface area contributed by atoms with Crippen LogP contribution in [0.4, 0.5) is 4.79 Å². The topological polar surface area (TPSA) is 77.5 Å². The highest BCUT2D eigenvalue weighted by Gasteiger charge is 2.78. The number of benzene rings is 1. The third-order valence-electron chi connectivity index (χ3n) is 7.81. The second-order valence-electron chi connectivity index (χ2n) is 9.47. The largest absolute Gasteiger partial charge is 0.457 e. The Morgan fingerprint density at radius 3 is 2.62 bits per heavy atom. The van der Waals surface area contributed by atoms with Gasteiger partial charge >= 0.3 is 12.1 Å². The van der Waals surface area contributed by atoms with Gasteiger partial charge in [-0.25, -0.2) is 9.59 Å². The predicted molar refractivity (Wildman–Crippen MR) is 121 cm³/mol. The van der Waals surface area contributed by atoms with E-state index in [0.717, 1.165) is 16.8 Å².